The van der Waals surface area contributed by atoms with E-state index in [1.807, 2.05) is 0 Å². The van der Waals surface area contributed by atoms with E-state index in [1.54, 1.807) is 6.20 Å². The molecule has 1 aliphatic heterocycles. The molecule has 0 saturated carbocycles. The van der Waals surface area contributed by atoms with E-state index in [-0.39, 0.29) is 5.41 Å². The number of nitrogens with one attached hydrogen (secondary N) is 1. The highest BCUT2D eigenvalue weighted by Gasteiger charge is 2.34. The number of hydrogen-bond acceptors (Lipinski definition) is 5. The predicted octanol–water partition coefficient (Wildman–Crippen LogP) is 3.27. The van der Waals surface area contributed by atoms with E-state index in [0.29, 0.717) is 18.1 Å². The number of nitrogens with zero attached hydrogens (tertiary/aromatic N) is 3. The van der Waals surface area contributed by atoms with Crippen molar-refractivity contribution >= 4 is 21.7 Å². The molecule has 0 radical (unpaired) electrons. The summed E-state index contributed by atoms with van der Waals surface area (Å²) in [7, 11) is 0. The zero-order valence-corrected chi connectivity index (χ0v) is 14.2. The standard InChI is InChI=1S/C17H17BrN4O/c18-14-3-1-13(2-4-14)17(5-9-23-10-6-17)12-22-16-15(11-19)20-7-8-21-16/h1-4,7-8H,5-6,9-10,12H2,(H,21,22). The molecule has 3 rings (SSSR count). The number of benzene rings is 1. The molecule has 0 bridgehead atoms. The van der Waals surface area contributed by atoms with Gasteiger partial charge in [-0.2, -0.15) is 5.26 Å². The molecule has 0 aliphatic carbocycles. The number of nitriles is 1. The fourth-order valence-corrected chi connectivity index (χ4v) is 3.20. The van der Waals surface area contributed by atoms with E-state index in [4.69, 9.17) is 10.00 Å². The first kappa shape index (κ1) is 15.9. The van der Waals surface area contributed by atoms with Crippen LogP contribution in [0.3, 0.4) is 0 Å². The number of hydrogen-bond donors (Lipinski definition) is 1. The van der Waals surface area contributed by atoms with E-state index in [2.05, 4.69) is 61.5 Å². The van der Waals surface area contributed by atoms with Gasteiger partial charge in [0.05, 0.1) is 0 Å². The number of rotatable bonds is 4. The van der Waals surface area contributed by atoms with Crippen molar-refractivity contribution in [2.24, 2.45) is 0 Å². The molecule has 1 aromatic heterocycles. The van der Waals surface area contributed by atoms with Crippen molar-refractivity contribution in [3.63, 3.8) is 0 Å². The molecule has 23 heavy (non-hydrogen) atoms. The van der Waals surface area contributed by atoms with Crippen LogP contribution in [0.2, 0.25) is 0 Å². The van der Waals surface area contributed by atoms with Gasteiger partial charge in [-0.1, -0.05) is 28.1 Å². The third-order valence-corrected chi connectivity index (χ3v) is 4.83. The molecule has 1 aliphatic rings. The van der Waals surface area contributed by atoms with E-state index in [9.17, 15) is 0 Å². The van der Waals surface area contributed by atoms with Crippen LogP contribution in [0.25, 0.3) is 0 Å². The SMILES string of the molecule is N#Cc1nccnc1NCC1(c2ccc(Br)cc2)CCOCC1. The molecule has 1 aromatic carbocycles. The summed E-state index contributed by atoms with van der Waals surface area (Å²) in [6, 6.07) is 10.5. The van der Waals surface area contributed by atoms with E-state index in [1.165, 1.54) is 11.8 Å². The minimum atomic E-state index is -0.0246. The van der Waals surface area contributed by atoms with Crippen LogP contribution in [0.1, 0.15) is 24.1 Å². The van der Waals surface area contributed by atoms with Gasteiger partial charge in [0, 0.05) is 42.0 Å². The summed E-state index contributed by atoms with van der Waals surface area (Å²) >= 11 is 3.49. The minimum absolute atomic E-state index is 0.0246. The van der Waals surface area contributed by atoms with Gasteiger partial charge in [-0.25, -0.2) is 9.97 Å². The van der Waals surface area contributed by atoms with E-state index >= 15 is 0 Å². The van der Waals surface area contributed by atoms with Gasteiger partial charge in [-0.3, -0.25) is 0 Å². The van der Waals surface area contributed by atoms with Gasteiger partial charge in [0.25, 0.3) is 0 Å². The maximum Gasteiger partial charge on any atom is 0.182 e. The molecule has 0 amide bonds. The Balaban J connectivity index is 1.85. The largest absolute Gasteiger partial charge is 0.381 e. The number of ether oxygens (including phenoxy) is 1. The van der Waals surface area contributed by atoms with Crippen molar-refractivity contribution in [2.75, 3.05) is 25.1 Å². The predicted molar refractivity (Wildman–Crippen MR) is 91.1 cm³/mol. The van der Waals surface area contributed by atoms with Gasteiger partial charge in [-0.15, -0.1) is 0 Å². The van der Waals surface area contributed by atoms with Gasteiger partial charge >= 0.3 is 0 Å². The first-order valence-electron chi connectivity index (χ1n) is 7.52. The van der Waals surface area contributed by atoms with E-state index in [0.717, 1.165) is 30.5 Å². The third-order valence-electron chi connectivity index (χ3n) is 4.30. The van der Waals surface area contributed by atoms with Gasteiger partial charge in [-0.05, 0) is 30.5 Å². The molecule has 5 nitrogen and oxygen atoms in total. The van der Waals surface area contributed by atoms with Crippen LogP contribution in [0.15, 0.2) is 41.1 Å². The Kier molecular flexibility index (Phi) is 4.89. The maximum absolute atomic E-state index is 9.15. The molecule has 1 fully saturated rings. The molecule has 0 atom stereocenters. The highest BCUT2D eigenvalue weighted by molar-refractivity contribution is 9.10. The quantitative estimate of drug-likeness (QED) is 0.891. The maximum atomic E-state index is 9.15. The molecular formula is C17H17BrN4O. The van der Waals surface area contributed by atoms with Crippen molar-refractivity contribution in [1.29, 1.82) is 5.26 Å². The molecule has 118 valence electrons. The van der Waals surface area contributed by atoms with Gasteiger partial charge in [0.1, 0.15) is 6.07 Å². The zero-order chi connectivity index (χ0) is 16.1. The van der Waals surface area contributed by atoms with Crippen LogP contribution in [0.5, 0.6) is 0 Å². The zero-order valence-electron chi connectivity index (χ0n) is 12.6. The van der Waals surface area contributed by atoms with Crippen LogP contribution in [-0.2, 0) is 10.2 Å². The van der Waals surface area contributed by atoms with Crippen LogP contribution in [0, 0.1) is 11.3 Å². The number of halogens is 1. The number of aromatic nitrogens is 2. The van der Waals surface area contributed by atoms with E-state index < -0.39 is 0 Å². The van der Waals surface area contributed by atoms with Crippen molar-refractivity contribution in [3.05, 3.63) is 52.4 Å². The van der Waals surface area contributed by atoms with Crippen molar-refractivity contribution in [2.45, 2.75) is 18.3 Å². The second-order valence-electron chi connectivity index (χ2n) is 5.62. The second-order valence-corrected chi connectivity index (χ2v) is 6.53. The molecule has 0 spiro atoms. The summed E-state index contributed by atoms with van der Waals surface area (Å²) < 4.78 is 6.62. The molecule has 1 N–H and O–H groups in total. The van der Waals surface area contributed by atoms with Crippen LogP contribution in [-0.4, -0.2) is 29.7 Å². The Morgan fingerprint density at radius 3 is 2.57 bits per heavy atom. The van der Waals surface area contributed by atoms with Gasteiger partial charge in [0.2, 0.25) is 0 Å². The highest BCUT2D eigenvalue weighted by atomic mass is 79.9. The van der Waals surface area contributed by atoms with Gasteiger partial charge < -0.3 is 10.1 Å². The Bertz CT molecular complexity index is 705. The van der Waals surface area contributed by atoms with Crippen molar-refractivity contribution in [1.82, 2.24) is 9.97 Å². The Morgan fingerprint density at radius 1 is 1.17 bits per heavy atom. The highest BCUT2D eigenvalue weighted by Crippen LogP contribution is 2.35. The molecule has 1 saturated heterocycles. The van der Waals surface area contributed by atoms with Gasteiger partial charge in [0.15, 0.2) is 11.5 Å². The lowest BCUT2D eigenvalue weighted by Crippen LogP contribution is -2.40. The lowest BCUT2D eigenvalue weighted by molar-refractivity contribution is 0.0543. The summed E-state index contributed by atoms with van der Waals surface area (Å²) in [6.07, 6.45) is 5.00. The summed E-state index contributed by atoms with van der Waals surface area (Å²) in [6.45, 7) is 2.18. The lowest BCUT2D eigenvalue weighted by Gasteiger charge is -2.38. The topological polar surface area (TPSA) is 70.8 Å². The Labute approximate surface area is 143 Å². The van der Waals surface area contributed by atoms with Crippen molar-refractivity contribution < 1.29 is 4.74 Å². The second kappa shape index (κ2) is 7.07. The molecular weight excluding hydrogens is 356 g/mol. The van der Waals surface area contributed by atoms with Crippen LogP contribution < -0.4 is 5.32 Å². The first-order valence-corrected chi connectivity index (χ1v) is 8.32. The number of anilines is 1. The summed E-state index contributed by atoms with van der Waals surface area (Å²) in [4.78, 5) is 8.29. The molecule has 0 unspecified atom stereocenters. The lowest BCUT2D eigenvalue weighted by atomic mass is 9.74. The summed E-state index contributed by atoms with van der Waals surface area (Å²) in [5.74, 6) is 0.540. The molecule has 2 heterocycles. The fourth-order valence-electron chi connectivity index (χ4n) is 2.94. The average Bonchev–Trinajstić information content (AvgIpc) is 2.61. The Hall–Kier alpha value is -1.97. The summed E-state index contributed by atoms with van der Waals surface area (Å²) in [5.41, 5.74) is 1.58. The minimum Gasteiger partial charge on any atom is -0.381 e. The fraction of sp³-hybridized carbons (Fsp3) is 0.353. The third kappa shape index (κ3) is 3.52. The smallest absolute Gasteiger partial charge is 0.182 e. The Morgan fingerprint density at radius 2 is 1.87 bits per heavy atom. The summed E-state index contributed by atoms with van der Waals surface area (Å²) in [5, 5.41) is 12.5. The van der Waals surface area contributed by atoms with Crippen LogP contribution >= 0.6 is 15.9 Å². The first-order chi connectivity index (χ1) is 11.2. The molecule has 2 aromatic rings. The van der Waals surface area contributed by atoms with Crippen LogP contribution in [0.4, 0.5) is 5.82 Å². The van der Waals surface area contributed by atoms with Crippen molar-refractivity contribution in [3.8, 4) is 6.07 Å². The molecule has 6 heteroatoms. The average molecular weight is 373 g/mol. The monoisotopic (exact) mass is 372 g/mol. The normalized spacial score (nSPS) is 16.5.